The second-order valence-electron chi connectivity index (χ2n) is 3.34. The highest BCUT2D eigenvalue weighted by Gasteiger charge is 2.03. The first-order chi connectivity index (χ1) is 7.29. The van der Waals surface area contributed by atoms with Gasteiger partial charge in [-0.1, -0.05) is 33.8 Å². The molecule has 0 aliphatic carbocycles. The first kappa shape index (κ1) is 11.4. The van der Waals surface area contributed by atoms with Gasteiger partial charge in [-0.25, -0.2) is 4.98 Å². The monoisotopic (exact) mass is 301 g/mol. The van der Waals surface area contributed by atoms with E-state index in [1.54, 1.807) is 11.3 Å². The van der Waals surface area contributed by atoms with Gasteiger partial charge in [0, 0.05) is 11.1 Å². The zero-order chi connectivity index (χ0) is 10.7. The summed E-state index contributed by atoms with van der Waals surface area (Å²) in [5, 5.41) is 1.07. The van der Waals surface area contributed by atoms with Gasteiger partial charge in [0.25, 0.3) is 0 Å². The molecular weight excluding hydrogens is 290 g/mol. The van der Waals surface area contributed by atoms with E-state index in [9.17, 15) is 0 Å². The van der Waals surface area contributed by atoms with Crippen LogP contribution in [0, 0.1) is 6.92 Å². The zero-order valence-corrected chi connectivity index (χ0v) is 11.7. The molecule has 0 fully saturated rings. The Morgan fingerprint density at radius 1 is 1.47 bits per heavy atom. The highest BCUT2D eigenvalue weighted by atomic mass is 79.9. The maximum Gasteiger partial charge on any atom is 0.151 e. The van der Waals surface area contributed by atoms with Gasteiger partial charge in [-0.2, -0.15) is 0 Å². The molecule has 0 saturated carbocycles. The fourth-order valence-electron chi connectivity index (χ4n) is 1.29. The topological polar surface area (TPSA) is 12.9 Å². The minimum absolute atomic E-state index is 1.07. The lowest BCUT2D eigenvalue weighted by molar-refractivity contribution is 1.13. The minimum atomic E-state index is 1.07. The van der Waals surface area contributed by atoms with E-state index in [-0.39, 0.29) is 0 Å². The Hall–Kier alpha value is -0.0600. The van der Waals surface area contributed by atoms with Crippen LogP contribution in [0.15, 0.2) is 22.5 Å². The van der Waals surface area contributed by atoms with E-state index in [1.165, 1.54) is 21.0 Å². The van der Waals surface area contributed by atoms with E-state index in [1.807, 2.05) is 11.8 Å². The molecule has 0 spiro atoms. The highest BCUT2D eigenvalue weighted by Crippen LogP contribution is 2.30. The summed E-state index contributed by atoms with van der Waals surface area (Å²) in [6, 6.07) is 6.44. The lowest BCUT2D eigenvalue weighted by atomic mass is 10.2. The largest absolute Gasteiger partial charge is 0.230 e. The number of aromatic nitrogens is 1. The number of rotatable bonds is 4. The van der Waals surface area contributed by atoms with Crippen LogP contribution in [0.5, 0.6) is 0 Å². The van der Waals surface area contributed by atoms with Gasteiger partial charge in [0.15, 0.2) is 4.34 Å². The molecule has 0 N–H and O–H groups in total. The summed E-state index contributed by atoms with van der Waals surface area (Å²) >= 11 is 7.09. The SMILES string of the molecule is Cc1ccc2nc(SCCCBr)sc2c1. The van der Waals surface area contributed by atoms with E-state index in [2.05, 4.69) is 46.0 Å². The van der Waals surface area contributed by atoms with Gasteiger partial charge in [0.1, 0.15) is 0 Å². The van der Waals surface area contributed by atoms with Crippen LogP contribution in [0.1, 0.15) is 12.0 Å². The van der Waals surface area contributed by atoms with Crippen molar-refractivity contribution < 1.29 is 0 Å². The molecule has 2 aromatic rings. The Bertz CT molecular complexity index is 453. The zero-order valence-electron chi connectivity index (χ0n) is 8.50. The normalized spacial score (nSPS) is 11.1. The highest BCUT2D eigenvalue weighted by molar-refractivity contribution is 9.09. The molecule has 0 atom stereocenters. The number of thiazole rings is 1. The van der Waals surface area contributed by atoms with Gasteiger partial charge in [-0.15, -0.1) is 11.3 Å². The molecule has 0 saturated heterocycles. The summed E-state index contributed by atoms with van der Waals surface area (Å²) in [6.45, 7) is 2.12. The predicted octanol–water partition coefficient (Wildman–Crippen LogP) is 4.48. The second kappa shape index (κ2) is 5.32. The number of hydrogen-bond acceptors (Lipinski definition) is 3. The second-order valence-corrected chi connectivity index (χ2v) is 6.51. The third-order valence-corrected chi connectivity index (χ3v) is 4.84. The molecule has 1 aromatic heterocycles. The third kappa shape index (κ3) is 2.95. The van der Waals surface area contributed by atoms with Crippen molar-refractivity contribution in [3.05, 3.63) is 23.8 Å². The fraction of sp³-hybridized carbons (Fsp3) is 0.364. The van der Waals surface area contributed by atoms with Crippen molar-refractivity contribution in [3.63, 3.8) is 0 Å². The molecule has 0 amide bonds. The molecule has 1 nitrogen and oxygen atoms in total. The van der Waals surface area contributed by atoms with E-state index in [0.29, 0.717) is 0 Å². The van der Waals surface area contributed by atoms with E-state index in [4.69, 9.17) is 0 Å². The summed E-state index contributed by atoms with van der Waals surface area (Å²) in [6.07, 6.45) is 1.19. The average molecular weight is 302 g/mol. The van der Waals surface area contributed by atoms with Crippen LogP contribution in [-0.4, -0.2) is 16.1 Å². The van der Waals surface area contributed by atoms with Gasteiger partial charge in [0.05, 0.1) is 10.2 Å². The molecule has 1 aromatic carbocycles. The van der Waals surface area contributed by atoms with Crippen molar-refractivity contribution in [2.75, 3.05) is 11.1 Å². The van der Waals surface area contributed by atoms with Gasteiger partial charge in [0.2, 0.25) is 0 Å². The van der Waals surface area contributed by atoms with Crippen molar-refractivity contribution >= 4 is 49.2 Å². The lowest BCUT2D eigenvalue weighted by Gasteiger charge is -1.91. The van der Waals surface area contributed by atoms with Crippen LogP contribution in [-0.2, 0) is 0 Å². The molecule has 0 bridgehead atoms. The Labute approximate surface area is 106 Å². The number of thioether (sulfide) groups is 1. The van der Waals surface area contributed by atoms with Crippen molar-refractivity contribution in [1.29, 1.82) is 0 Å². The summed E-state index contributed by atoms with van der Waals surface area (Å²) in [5.74, 6) is 1.14. The Morgan fingerprint density at radius 2 is 2.33 bits per heavy atom. The van der Waals surface area contributed by atoms with E-state index in [0.717, 1.165) is 16.6 Å². The Morgan fingerprint density at radius 3 is 3.13 bits per heavy atom. The van der Waals surface area contributed by atoms with E-state index < -0.39 is 0 Å². The number of fused-ring (bicyclic) bond motifs is 1. The van der Waals surface area contributed by atoms with Crippen molar-refractivity contribution in [1.82, 2.24) is 4.98 Å². The fourth-order valence-corrected chi connectivity index (χ4v) is 4.11. The van der Waals surface area contributed by atoms with E-state index >= 15 is 0 Å². The number of halogens is 1. The van der Waals surface area contributed by atoms with Crippen LogP contribution in [0.3, 0.4) is 0 Å². The van der Waals surface area contributed by atoms with Crippen LogP contribution in [0.4, 0.5) is 0 Å². The maximum absolute atomic E-state index is 4.59. The Balaban J connectivity index is 2.16. The molecule has 2 rings (SSSR count). The molecule has 15 heavy (non-hydrogen) atoms. The van der Waals surface area contributed by atoms with Crippen LogP contribution >= 0.6 is 39.0 Å². The van der Waals surface area contributed by atoms with Crippen molar-refractivity contribution in [3.8, 4) is 0 Å². The van der Waals surface area contributed by atoms with Gasteiger partial charge in [-0.3, -0.25) is 0 Å². The molecular formula is C11H12BrNS2. The molecule has 1 heterocycles. The first-order valence-corrected chi connectivity index (χ1v) is 7.78. The Kier molecular flexibility index (Phi) is 4.05. The summed E-state index contributed by atoms with van der Waals surface area (Å²) < 4.78 is 2.49. The smallest absolute Gasteiger partial charge is 0.151 e. The van der Waals surface area contributed by atoms with Gasteiger partial charge in [-0.05, 0) is 31.0 Å². The van der Waals surface area contributed by atoms with Crippen LogP contribution < -0.4 is 0 Å². The number of aryl methyl sites for hydroxylation is 1. The first-order valence-electron chi connectivity index (χ1n) is 4.85. The van der Waals surface area contributed by atoms with Crippen LogP contribution in [0.25, 0.3) is 10.2 Å². The minimum Gasteiger partial charge on any atom is -0.230 e. The van der Waals surface area contributed by atoms with Gasteiger partial charge >= 0.3 is 0 Å². The predicted molar refractivity (Wildman–Crippen MR) is 73.5 cm³/mol. The summed E-state index contributed by atoms with van der Waals surface area (Å²) in [5.41, 5.74) is 2.44. The summed E-state index contributed by atoms with van der Waals surface area (Å²) in [4.78, 5) is 4.59. The molecule has 80 valence electrons. The molecule has 4 heteroatoms. The van der Waals surface area contributed by atoms with Gasteiger partial charge < -0.3 is 0 Å². The quantitative estimate of drug-likeness (QED) is 0.469. The number of alkyl halides is 1. The summed E-state index contributed by atoms with van der Waals surface area (Å²) in [7, 11) is 0. The number of benzene rings is 1. The van der Waals surface area contributed by atoms with Crippen molar-refractivity contribution in [2.45, 2.75) is 17.7 Å². The van der Waals surface area contributed by atoms with Crippen LogP contribution in [0.2, 0.25) is 0 Å². The number of hydrogen-bond donors (Lipinski definition) is 0. The lowest BCUT2D eigenvalue weighted by Crippen LogP contribution is -1.79. The molecule has 0 aliphatic heterocycles. The molecule has 0 radical (unpaired) electrons. The average Bonchev–Trinajstić information content (AvgIpc) is 2.60. The van der Waals surface area contributed by atoms with Crippen molar-refractivity contribution in [2.24, 2.45) is 0 Å². The third-order valence-electron chi connectivity index (χ3n) is 2.03. The maximum atomic E-state index is 4.59. The standard InChI is InChI=1S/C11H12BrNS2/c1-8-3-4-9-10(7-8)15-11(13-9)14-6-2-5-12/h3-4,7H,2,5-6H2,1H3. The molecule has 0 unspecified atom stereocenters. The molecule has 0 aliphatic rings. The number of nitrogens with zero attached hydrogens (tertiary/aromatic N) is 1.